The summed E-state index contributed by atoms with van der Waals surface area (Å²) in [5, 5.41) is 12.6. The van der Waals surface area contributed by atoms with Crippen LogP contribution in [0.25, 0.3) is 0 Å². The van der Waals surface area contributed by atoms with E-state index in [0.29, 0.717) is 0 Å². The van der Waals surface area contributed by atoms with Gasteiger partial charge in [0.05, 0.1) is 0 Å². The lowest BCUT2D eigenvalue weighted by Crippen LogP contribution is -2.49. The average molecular weight is 353 g/mol. The van der Waals surface area contributed by atoms with Crippen molar-refractivity contribution in [1.29, 1.82) is 0 Å². The number of hydrogen-bond acceptors (Lipinski definition) is 5. The predicted octanol–water partition coefficient (Wildman–Crippen LogP) is 2.86. The number of piperidine rings is 1. The summed E-state index contributed by atoms with van der Waals surface area (Å²) in [4.78, 5) is 5.09. The van der Waals surface area contributed by atoms with Gasteiger partial charge in [-0.05, 0) is 88.3 Å². The summed E-state index contributed by atoms with van der Waals surface area (Å²) in [7, 11) is 0. The molecule has 2 aromatic rings. The first kappa shape index (κ1) is 15.4. The van der Waals surface area contributed by atoms with E-state index in [0.717, 1.165) is 55.4 Å². The van der Waals surface area contributed by atoms with E-state index in [1.807, 2.05) is 23.1 Å². The molecule has 0 spiro atoms. The molecule has 26 heavy (non-hydrogen) atoms. The molecule has 1 saturated heterocycles. The van der Waals surface area contributed by atoms with Crippen LogP contribution in [0.15, 0.2) is 23.0 Å². The zero-order valence-corrected chi connectivity index (χ0v) is 15.2. The summed E-state index contributed by atoms with van der Waals surface area (Å²) >= 11 is 0. The summed E-state index contributed by atoms with van der Waals surface area (Å²) in [6.45, 7) is 1.91. The quantitative estimate of drug-likeness (QED) is 0.919. The Hall–Kier alpha value is -1.69. The third-order valence-corrected chi connectivity index (χ3v) is 7.71. The van der Waals surface area contributed by atoms with Crippen LogP contribution in [-0.2, 0) is 11.0 Å². The fourth-order valence-electron chi connectivity index (χ4n) is 6.92. The summed E-state index contributed by atoms with van der Waals surface area (Å²) in [5.74, 6) is 4.44. The molecular weight excluding hydrogens is 326 g/mol. The third kappa shape index (κ3) is 2.11. The smallest absolute Gasteiger partial charge is 0.254 e. The molecule has 0 radical (unpaired) electrons. The molecule has 3 heterocycles. The van der Waals surface area contributed by atoms with Gasteiger partial charge in [0, 0.05) is 17.8 Å². The SMILES string of the molecule is c1cnn(C2(c3nc(C45CC6CC(CC(C6)C4)C5)no3)CCNCC2)c1. The van der Waals surface area contributed by atoms with Crippen molar-refractivity contribution in [3.63, 3.8) is 0 Å². The van der Waals surface area contributed by atoms with Crippen molar-refractivity contribution in [1.82, 2.24) is 25.2 Å². The number of rotatable bonds is 3. The minimum absolute atomic E-state index is 0.189. The number of nitrogens with zero attached hydrogens (tertiary/aromatic N) is 4. The topological polar surface area (TPSA) is 68.8 Å². The molecule has 2 aromatic heterocycles. The standard InChI is InChI=1S/C20H27N5O/c1-4-22-25(7-1)20(2-5-21-6-3-20)18-23-17(24-26-18)19-11-14-8-15(12-19)10-16(9-14)13-19/h1,4,7,14-16,21H,2-3,5-6,8-13H2. The highest BCUT2D eigenvalue weighted by Crippen LogP contribution is 2.60. The van der Waals surface area contributed by atoms with Crippen molar-refractivity contribution < 1.29 is 4.52 Å². The molecule has 1 N–H and O–H groups in total. The molecule has 5 fully saturated rings. The first-order valence-electron chi connectivity index (χ1n) is 10.3. The fraction of sp³-hybridized carbons (Fsp3) is 0.750. The van der Waals surface area contributed by atoms with Gasteiger partial charge in [-0.2, -0.15) is 10.1 Å². The lowest BCUT2D eigenvalue weighted by atomic mass is 9.49. The van der Waals surface area contributed by atoms with E-state index in [4.69, 9.17) is 9.51 Å². The Labute approximate surface area is 153 Å². The first-order chi connectivity index (χ1) is 12.8. The maximum absolute atomic E-state index is 5.97. The van der Waals surface area contributed by atoms with Gasteiger partial charge >= 0.3 is 0 Å². The van der Waals surface area contributed by atoms with E-state index in [-0.39, 0.29) is 11.0 Å². The zero-order chi connectivity index (χ0) is 17.2. The Kier molecular flexibility index (Phi) is 3.20. The highest BCUT2D eigenvalue weighted by Gasteiger charge is 2.54. The molecule has 0 amide bonds. The normalized spacial score (nSPS) is 37.9. The van der Waals surface area contributed by atoms with Crippen molar-refractivity contribution in [3.8, 4) is 0 Å². The molecule has 0 aromatic carbocycles. The van der Waals surface area contributed by atoms with Gasteiger partial charge in [0.15, 0.2) is 5.82 Å². The third-order valence-electron chi connectivity index (χ3n) is 7.71. The van der Waals surface area contributed by atoms with Crippen molar-refractivity contribution in [3.05, 3.63) is 30.2 Å². The highest BCUT2D eigenvalue weighted by atomic mass is 16.5. The van der Waals surface area contributed by atoms with Gasteiger partial charge in [-0.25, -0.2) is 0 Å². The molecule has 5 aliphatic rings. The molecule has 138 valence electrons. The van der Waals surface area contributed by atoms with Crippen LogP contribution in [-0.4, -0.2) is 33.0 Å². The second kappa shape index (κ2) is 5.41. The lowest BCUT2D eigenvalue weighted by molar-refractivity contribution is -0.0103. The maximum atomic E-state index is 5.97. The van der Waals surface area contributed by atoms with Crippen LogP contribution in [0, 0.1) is 17.8 Å². The fourth-order valence-corrected chi connectivity index (χ4v) is 6.92. The maximum Gasteiger partial charge on any atom is 0.254 e. The van der Waals surface area contributed by atoms with E-state index in [1.54, 1.807) is 0 Å². The lowest BCUT2D eigenvalue weighted by Gasteiger charge is -2.55. The van der Waals surface area contributed by atoms with Gasteiger partial charge in [-0.1, -0.05) is 5.16 Å². The number of hydrogen-bond donors (Lipinski definition) is 1. The summed E-state index contributed by atoms with van der Waals surface area (Å²) in [5.41, 5.74) is -0.100. The minimum atomic E-state index is -0.289. The molecule has 4 saturated carbocycles. The van der Waals surface area contributed by atoms with Crippen LogP contribution in [0.2, 0.25) is 0 Å². The molecule has 1 aliphatic heterocycles. The Morgan fingerprint density at radius 3 is 2.35 bits per heavy atom. The number of aromatic nitrogens is 4. The van der Waals surface area contributed by atoms with Crippen LogP contribution >= 0.6 is 0 Å². The van der Waals surface area contributed by atoms with E-state index in [1.165, 1.54) is 38.5 Å². The van der Waals surface area contributed by atoms with E-state index < -0.39 is 0 Å². The molecular formula is C20H27N5O. The molecule has 0 unspecified atom stereocenters. The van der Waals surface area contributed by atoms with Gasteiger partial charge in [-0.15, -0.1) is 0 Å². The van der Waals surface area contributed by atoms with Gasteiger partial charge in [-0.3, -0.25) is 4.68 Å². The molecule has 0 atom stereocenters. The van der Waals surface area contributed by atoms with Crippen LogP contribution in [0.3, 0.4) is 0 Å². The second-order valence-corrected chi connectivity index (χ2v) is 9.35. The van der Waals surface area contributed by atoms with Crippen molar-refractivity contribution in [2.24, 2.45) is 17.8 Å². The van der Waals surface area contributed by atoms with Gasteiger partial charge < -0.3 is 9.84 Å². The van der Waals surface area contributed by atoms with Gasteiger partial charge in [0.1, 0.15) is 5.54 Å². The van der Waals surface area contributed by atoms with Crippen molar-refractivity contribution in [2.45, 2.75) is 62.3 Å². The predicted molar refractivity (Wildman–Crippen MR) is 95.6 cm³/mol. The van der Waals surface area contributed by atoms with Crippen LogP contribution in [0.4, 0.5) is 0 Å². The molecule has 4 bridgehead atoms. The summed E-state index contributed by atoms with van der Waals surface area (Å²) in [6.07, 6.45) is 13.9. The largest absolute Gasteiger partial charge is 0.337 e. The molecule has 6 heteroatoms. The first-order valence-corrected chi connectivity index (χ1v) is 10.3. The number of nitrogens with one attached hydrogen (secondary N) is 1. The Morgan fingerprint density at radius 1 is 1.04 bits per heavy atom. The van der Waals surface area contributed by atoms with Crippen molar-refractivity contribution >= 4 is 0 Å². The van der Waals surface area contributed by atoms with Gasteiger partial charge in [0.25, 0.3) is 5.89 Å². The Bertz CT molecular complexity index is 754. The van der Waals surface area contributed by atoms with Crippen LogP contribution < -0.4 is 5.32 Å². The summed E-state index contributed by atoms with van der Waals surface area (Å²) < 4.78 is 8.02. The molecule has 4 aliphatic carbocycles. The Morgan fingerprint density at radius 2 is 1.73 bits per heavy atom. The average Bonchev–Trinajstić information content (AvgIpc) is 3.34. The van der Waals surface area contributed by atoms with Crippen LogP contribution in [0.1, 0.15) is 63.1 Å². The molecule has 7 rings (SSSR count). The van der Waals surface area contributed by atoms with E-state index in [9.17, 15) is 0 Å². The van der Waals surface area contributed by atoms with E-state index >= 15 is 0 Å². The van der Waals surface area contributed by atoms with Gasteiger partial charge in [0.2, 0.25) is 0 Å². The Balaban J connectivity index is 1.39. The second-order valence-electron chi connectivity index (χ2n) is 9.35. The molecule has 6 nitrogen and oxygen atoms in total. The zero-order valence-electron chi connectivity index (χ0n) is 15.2. The summed E-state index contributed by atoms with van der Waals surface area (Å²) in [6, 6.07) is 1.99. The minimum Gasteiger partial charge on any atom is -0.337 e. The monoisotopic (exact) mass is 353 g/mol. The van der Waals surface area contributed by atoms with Crippen LogP contribution in [0.5, 0.6) is 0 Å². The van der Waals surface area contributed by atoms with Crippen molar-refractivity contribution in [2.75, 3.05) is 13.1 Å². The van der Waals surface area contributed by atoms with E-state index in [2.05, 4.69) is 15.6 Å². The highest BCUT2D eigenvalue weighted by molar-refractivity contribution is 5.19.